The molecule has 138 valence electrons. The van der Waals surface area contributed by atoms with Gasteiger partial charge in [-0.05, 0) is 42.7 Å². The molecule has 2 aliphatic rings. The molecule has 1 aliphatic heterocycles. The Morgan fingerprint density at radius 3 is 2.64 bits per heavy atom. The molecule has 3 rings (SSSR count). The van der Waals surface area contributed by atoms with E-state index in [9.17, 15) is 4.79 Å². The van der Waals surface area contributed by atoms with E-state index >= 15 is 0 Å². The molecule has 1 saturated heterocycles. The zero-order chi connectivity index (χ0) is 17.8. The fourth-order valence-electron chi connectivity index (χ4n) is 4.29. The zero-order valence-electron chi connectivity index (χ0n) is 16.0. The van der Waals surface area contributed by atoms with Crippen molar-refractivity contribution in [2.75, 3.05) is 25.0 Å². The van der Waals surface area contributed by atoms with Crippen LogP contribution in [0.2, 0.25) is 0 Å². The minimum Gasteiger partial charge on any atom is -0.371 e. The number of nitrogens with one attached hydrogen (secondary N) is 1. The third kappa shape index (κ3) is 4.28. The third-order valence-corrected chi connectivity index (χ3v) is 6.21. The van der Waals surface area contributed by atoms with E-state index in [1.54, 1.807) is 0 Å². The molecule has 1 aromatic carbocycles. The van der Waals surface area contributed by atoms with E-state index in [2.05, 4.69) is 48.3 Å². The second-order valence-electron chi connectivity index (χ2n) is 8.00. The highest BCUT2D eigenvalue weighted by molar-refractivity contribution is 5.74. The van der Waals surface area contributed by atoms with Crippen LogP contribution in [-0.2, 0) is 6.54 Å². The number of hydrogen-bond donors (Lipinski definition) is 1. The number of rotatable bonds is 4. The zero-order valence-corrected chi connectivity index (χ0v) is 16.0. The normalized spacial score (nSPS) is 26.5. The van der Waals surface area contributed by atoms with Crippen molar-refractivity contribution in [2.24, 2.45) is 11.8 Å². The maximum Gasteiger partial charge on any atom is 0.317 e. The molecule has 0 spiro atoms. The van der Waals surface area contributed by atoms with Crippen LogP contribution in [0.5, 0.6) is 0 Å². The molecule has 0 aromatic heterocycles. The Labute approximate surface area is 152 Å². The molecule has 1 aromatic rings. The second-order valence-corrected chi connectivity index (χ2v) is 8.00. The summed E-state index contributed by atoms with van der Waals surface area (Å²) < 4.78 is 0. The summed E-state index contributed by atoms with van der Waals surface area (Å²) >= 11 is 0. The van der Waals surface area contributed by atoms with Crippen molar-refractivity contribution in [2.45, 2.75) is 58.5 Å². The van der Waals surface area contributed by atoms with E-state index < -0.39 is 0 Å². The number of anilines is 1. The predicted octanol–water partition coefficient (Wildman–Crippen LogP) is 4.25. The number of nitrogens with zero attached hydrogens (tertiary/aromatic N) is 2. The fourth-order valence-corrected chi connectivity index (χ4v) is 4.29. The van der Waals surface area contributed by atoms with Gasteiger partial charge in [-0.3, -0.25) is 0 Å². The smallest absolute Gasteiger partial charge is 0.317 e. The van der Waals surface area contributed by atoms with Gasteiger partial charge in [0.2, 0.25) is 0 Å². The summed E-state index contributed by atoms with van der Waals surface area (Å²) in [6, 6.07) is 8.89. The van der Waals surface area contributed by atoms with Crippen LogP contribution >= 0.6 is 0 Å². The molecule has 1 N–H and O–H groups in total. The Morgan fingerprint density at radius 2 is 1.88 bits per heavy atom. The Hall–Kier alpha value is -1.71. The number of hydrogen-bond acceptors (Lipinski definition) is 2. The van der Waals surface area contributed by atoms with Crippen molar-refractivity contribution < 1.29 is 4.79 Å². The lowest BCUT2D eigenvalue weighted by Crippen LogP contribution is -2.48. The highest BCUT2D eigenvalue weighted by Gasteiger charge is 2.29. The average molecular weight is 344 g/mol. The van der Waals surface area contributed by atoms with Gasteiger partial charge in [-0.15, -0.1) is 0 Å². The number of carbonyl (C=O) groups is 1. The SMILES string of the molecule is CC1CCCC(NC(=O)N(C)Cc2ccccc2N2CCCC2)C1C. The molecule has 4 nitrogen and oxygen atoms in total. The van der Waals surface area contributed by atoms with Gasteiger partial charge in [-0.1, -0.05) is 44.9 Å². The molecule has 2 fully saturated rings. The fraction of sp³-hybridized carbons (Fsp3) is 0.667. The van der Waals surface area contributed by atoms with E-state index in [1.165, 1.54) is 36.9 Å². The molecule has 0 radical (unpaired) electrons. The molecular formula is C21H33N3O. The second kappa shape index (κ2) is 8.11. The van der Waals surface area contributed by atoms with Crippen LogP contribution in [0.1, 0.15) is 51.5 Å². The van der Waals surface area contributed by atoms with Crippen LogP contribution in [0.3, 0.4) is 0 Å². The first-order valence-corrected chi connectivity index (χ1v) is 9.90. The van der Waals surface area contributed by atoms with Gasteiger partial charge in [-0.25, -0.2) is 4.79 Å². The standard InChI is InChI=1S/C21H33N3O/c1-16-9-8-11-19(17(16)2)22-21(25)23(3)15-18-10-4-5-12-20(18)24-13-6-7-14-24/h4-5,10,12,16-17,19H,6-9,11,13-15H2,1-3H3,(H,22,25). The van der Waals surface area contributed by atoms with Gasteiger partial charge >= 0.3 is 6.03 Å². The molecule has 0 bridgehead atoms. The highest BCUT2D eigenvalue weighted by atomic mass is 16.2. The van der Waals surface area contributed by atoms with Gasteiger partial charge in [0.1, 0.15) is 0 Å². The maximum absolute atomic E-state index is 12.7. The molecule has 3 unspecified atom stereocenters. The summed E-state index contributed by atoms with van der Waals surface area (Å²) in [5, 5.41) is 3.28. The van der Waals surface area contributed by atoms with Crippen molar-refractivity contribution in [3.63, 3.8) is 0 Å². The van der Waals surface area contributed by atoms with Gasteiger partial charge in [0.05, 0.1) is 0 Å². The first-order valence-electron chi connectivity index (χ1n) is 9.90. The first-order chi connectivity index (χ1) is 12.1. The van der Waals surface area contributed by atoms with Crippen molar-refractivity contribution >= 4 is 11.7 Å². The number of benzene rings is 1. The number of amides is 2. The molecule has 3 atom stereocenters. The lowest BCUT2D eigenvalue weighted by Gasteiger charge is -2.35. The molecule has 1 aliphatic carbocycles. The number of para-hydroxylation sites is 1. The van der Waals surface area contributed by atoms with Gasteiger partial charge in [-0.2, -0.15) is 0 Å². The van der Waals surface area contributed by atoms with E-state index in [0.717, 1.165) is 19.5 Å². The van der Waals surface area contributed by atoms with Crippen LogP contribution < -0.4 is 10.2 Å². The monoisotopic (exact) mass is 343 g/mol. The van der Waals surface area contributed by atoms with Crippen LogP contribution in [0.25, 0.3) is 0 Å². The van der Waals surface area contributed by atoms with Crippen molar-refractivity contribution in [1.29, 1.82) is 0 Å². The predicted molar refractivity (Wildman–Crippen MR) is 104 cm³/mol. The molecule has 4 heteroatoms. The summed E-state index contributed by atoms with van der Waals surface area (Å²) in [6.45, 7) is 7.50. The van der Waals surface area contributed by atoms with Crippen LogP contribution in [0.4, 0.5) is 10.5 Å². The van der Waals surface area contributed by atoms with Crippen LogP contribution in [0.15, 0.2) is 24.3 Å². The maximum atomic E-state index is 12.7. The molecule has 25 heavy (non-hydrogen) atoms. The van der Waals surface area contributed by atoms with E-state index in [4.69, 9.17) is 0 Å². The lowest BCUT2D eigenvalue weighted by molar-refractivity contribution is 0.174. The minimum absolute atomic E-state index is 0.0576. The summed E-state index contributed by atoms with van der Waals surface area (Å²) in [5.41, 5.74) is 2.53. The summed E-state index contributed by atoms with van der Waals surface area (Å²) in [7, 11) is 1.91. The summed E-state index contributed by atoms with van der Waals surface area (Å²) in [6.07, 6.45) is 6.14. The number of urea groups is 1. The quantitative estimate of drug-likeness (QED) is 0.887. The van der Waals surface area contributed by atoms with Crippen molar-refractivity contribution in [1.82, 2.24) is 10.2 Å². The molecule has 1 saturated carbocycles. The number of carbonyl (C=O) groups excluding carboxylic acids is 1. The molecule has 2 amide bonds. The van der Waals surface area contributed by atoms with E-state index in [0.29, 0.717) is 24.4 Å². The van der Waals surface area contributed by atoms with Gasteiger partial charge < -0.3 is 15.1 Å². The topological polar surface area (TPSA) is 35.6 Å². The third-order valence-electron chi connectivity index (χ3n) is 6.21. The lowest BCUT2D eigenvalue weighted by atomic mass is 9.78. The summed E-state index contributed by atoms with van der Waals surface area (Å²) in [4.78, 5) is 17.0. The minimum atomic E-state index is 0.0576. The molecular weight excluding hydrogens is 310 g/mol. The van der Waals surface area contributed by atoms with E-state index in [1.807, 2.05) is 11.9 Å². The summed E-state index contributed by atoms with van der Waals surface area (Å²) in [5.74, 6) is 1.25. The molecule has 1 heterocycles. The Balaban J connectivity index is 1.62. The first kappa shape index (κ1) is 18.1. The average Bonchev–Trinajstić information content (AvgIpc) is 3.14. The Kier molecular flexibility index (Phi) is 5.87. The highest BCUT2D eigenvalue weighted by Crippen LogP contribution is 2.30. The van der Waals surface area contributed by atoms with Crippen LogP contribution in [0, 0.1) is 11.8 Å². The van der Waals surface area contributed by atoms with Crippen molar-refractivity contribution in [3.05, 3.63) is 29.8 Å². The van der Waals surface area contributed by atoms with Crippen molar-refractivity contribution in [3.8, 4) is 0 Å². The van der Waals surface area contributed by atoms with Gasteiger partial charge in [0.15, 0.2) is 0 Å². The van der Waals surface area contributed by atoms with Gasteiger partial charge in [0.25, 0.3) is 0 Å². The van der Waals surface area contributed by atoms with Crippen LogP contribution in [-0.4, -0.2) is 37.1 Å². The Morgan fingerprint density at radius 1 is 1.16 bits per heavy atom. The van der Waals surface area contributed by atoms with Gasteiger partial charge in [0, 0.05) is 38.4 Å². The van der Waals surface area contributed by atoms with E-state index in [-0.39, 0.29) is 6.03 Å². The largest absolute Gasteiger partial charge is 0.371 e. The Bertz CT molecular complexity index is 582.